The van der Waals surface area contributed by atoms with E-state index in [0.29, 0.717) is 0 Å². The Bertz CT molecular complexity index is 17.6. The maximum atomic E-state index is 3.25. The molecule has 0 aliphatic carbocycles. The van der Waals surface area contributed by atoms with Crippen LogP contribution in [0, 0.1) is 0 Å². The van der Waals surface area contributed by atoms with Crippen molar-refractivity contribution in [1.82, 2.24) is 0 Å². The first-order valence-electron chi connectivity index (χ1n) is 1.26. The summed E-state index contributed by atoms with van der Waals surface area (Å²) in [5.41, 5.74) is 0. The molecule has 5 heavy (non-hydrogen) atoms. The van der Waals surface area contributed by atoms with Gasteiger partial charge in [-0.25, -0.2) is 0 Å². The third-order valence-corrected chi connectivity index (χ3v) is 0. The van der Waals surface area contributed by atoms with Crippen molar-refractivity contribution in [3.63, 3.8) is 0 Å². The third kappa shape index (κ3) is 19.5. The topological polar surface area (TPSA) is 12.4 Å². The van der Waals surface area contributed by atoms with E-state index in [-0.39, 0.29) is 0 Å². The molecule has 0 bridgehead atoms. The molecule has 0 saturated heterocycles. The maximum Gasteiger partial charge on any atom is 0.0269 e. The van der Waals surface area contributed by atoms with E-state index in [1.54, 1.807) is 7.05 Å². The highest BCUT2D eigenvalue weighted by Crippen LogP contribution is 1.22. The third-order valence-electron chi connectivity index (χ3n) is 0. The van der Waals surface area contributed by atoms with Crippen LogP contribution in [-0.2, 0) is 0 Å². The van der Waals surface area contributed by atoms with Gasteiger partial charge in [-0.2, -0.15) is 0 Å². The van der Waals surface area contributed by atoms with Gasteiger partial charge in [-0.15, -0.1) is 13.2 Å². The fourth-order valence-corrected chi connectivity index (χ4v) is 0. The predicted molar refractivity (Wildman–Crippen MR) is 26.7 cm³/mol. The minimum Gasteiger partial charge on any atom is -0.304 e. The summed E-state index contributed by atoms with van der Waals surface area (Å²) < 4.78 is 0. The number of nitrogens with zero attached hydrogens (tertiary/aromatic N) is 1. The monoisotopic (exact) mass is 71.1 g/mol. The highest BCUT2D eigenvalue weighted by Gasteiger charge is 1.09. The Morgan fingerprint density at radius 2 is 1.40 bits per heavy atom. The first kappa shape index (κ1) is 8.83. The number of hydrogen-bond donors (Lipinski definition) is 0. The van der Waals surface area contributed by atoms with E-state index in [0.717, 1.165) is 0 Å². The maximum absolute atomic E-state index is 3.25. The summed E-state index contributed by atoms with van der Waals surface area (Å²) in [6, 6.07) is 0. The molecular formula is C4H9N. The van der Waals surface area contributed by atoms with Gasteiger partial charge < -0.3 is 4.99 Å². The number of hydrogen-bond acceptors (Lipinski definition) is 1. The molecule has 0 aromatic heterocycles. The summed E-state index contributed by atoms with van der Waals surface area (Å²) in [7, 11) is 1.64. The van der Waals surface area contributed by atoms with E-state index in [1.807, 2.05) is 0 Å². The van der Waals surface area contributed by atoms with Crippen molar-refractivity contribution in [3.05, 3.63) is 13.2 Å². The SMILES string of the molecule is C=C.C=NC. The zero-order valence-electron chi connectivity index (χ0n) is 3.57. The van der Waals surface area contributed by atoms with Gasteiger partial charge in [0.2, 0.25) is 0 Å². The van der Waals surface area contributed by atoms with Crippen LogP contribution in [0.15, 0.2) is 18.2 Å². The minimum absolute atomic E-state index is 1.64. The molecule has 0 aromatic rings. The van der Waals surface area contributed by atoms with E-state index >= 15 is 0 Å². The molecule has 0 N–H and O–H groups in total. The molecule has 0 unspecified atom stereocenters. The Morgan fingerprint density at radius 1 is 1.40 bits per heavy atom. The zero-order valence-corrected chi connectivity index (χ0v) is 3.57. The van der Waals surface area contributed by atoms with Gasteiger partial charge in [-0.3, -0.25) is 0 Å². The van der Waals surface area contributed by atoms with Gasteiger partial charge in [0.05, 0.1) is 0 Å². The van der Waals surface area contributed by atoms with Crippen LogP contribution in [0.5, 0.6) is 0 Å². The molecule has 0 fully saturated rings. The van der Waals surface area contributed by atoms with E-state index in [1.165, 1.54) is 0 Å². The van der Waals surface area contributed by atoms with Crippen LogP contribution in [0.2, 0.25) is 0 Å². The van der Waals surface area contributed by atoms with Crippen molar-refractivity contribution in [3.8, 4) is 0 Å². The first-order chi connectivity index (χ1) is 2.41. The van der Waals surface area contributed by atoms with Gasteiger partial charge >= 0.3 is 0 Å². The molecule has 0 saturated carbocycles. The van der Waals surface area contributed by atoms with Gasteiger partial charge in [-0.05, 0) is 6.72 Å². The smallest absolute Gasteiger partial charge is 0.0269 e. The molecular weight excluding hydrogens is 62.1 g/mol. The van der Waals surface area contributed by atoms with E-state index in [9.17, 15) is 0 Å². The van der Waals surface area contributed by atoms with Gasteiger partial charge in [0.1, 0.15) is 0 Å². The summed E-state index contributed by atoms with van der Waals surface area (Å²) in [5, 5.41) is 0. The predicted octanol–water partition coefficient (Wildman–Crippen LogP) is 1.12. The second kappa shape index (κ2) is 118. The van der Waals surface area contributed by atoms with Crippen LogP contribution in [0.1, 0.15) is 0 Å². The van der Waals surface area contributed by atoms with Gasteiger partial charge in [0, 0.05) is 7.05 Å². The molecule has 0 aliphatic rings. The summed E-state index contributed by atoms with van der Waals surface area (Å²) in [6.45, 7) is 9.11. The van der Waals surface area contributed by atoms with Crippen LogP contribution < -0.4 is 0 Å². The quantitative estimate of drug-likeness (QED) is 0.300. The van der Waals surface area contributed by atoms with Crippen molar-refractivity contribution >= 4 is 6.72 Å². The lowest BCUT2D eigenvalue weighted by atomic mass is 11.3. The van der Waals surface area contributed by atoms with Crippen LogP contribution in [0.3, 0.4) is 0 Å². The average Bonchev–Trinajstić information content (AvgIpc) is 1.46. The van der Waals surface area contributed by atoms with Crippen LogP contribution >= 0.6 is 0 Å². The molecule has 0 amide bonds. The van der Waals surface area contributed by atoms with Crippen molar-refractivity contribution < 1.29 is 0 Å². The zero-order chi connectivity index (χ0) is 4.71. The largest absolute Gasteiger partial charge is 0.304 e. The van der Waals surface area contributed by atoms with Crippen LogP contribution in [0.4, 0.5) is 0 Å². The van der Waals surface area contributed by atoms with E-state index in [4.69, 9.17) is 0 Å². The molecule has 0 spiro atoms. The molecule has 0 aliphatic heterocycles. The van der Waals surface area contributed by atoms with Gasteiger partial charge in [-0.1, -0.05) is 0 Å². The Hall–Kier alpha value is -0.590. The molecule has 0 rings (SSSR count). The van der Waals surface area contributed by atoms with Crippen molar-refractivity contribution in [2.75, 3.05) is 7.05 Å². The first-order valence-corrected chi connectivity index (χ1v) is 1.26. The average molecular weight is 71.1 g/mol. The van der Waals surface area contributed by atoms with E-state index in [2.05, 4.69) is 24.9 Å². The lowest BCUT2D eigenvalue weighted by Crippen LogP contribution is -1.26. The Labute approximate surface area is 33.0 Å². The van der Waals surface area contributed by atoms with Crippen molar-refractivity contribution in [1.29, 1.82) is 0 Å². The van der Waals surface area contributed by atoms with Crippen molar-refractivity contribution in [2.24, 2.45) is 4.99 Å². The second-order valence-corrected chi connectivity index (χ2v) is 0.316. The fourth-order valence-electron chi connectivity index (χ4n) is 0. The summed E-state index contributed by atoms with van der Waals surface area (Å²) in [4.78, 5) is 3.25. The second-order valence-electron chi connectivity index (χ2n) is 0.316. The molecule has 1 heteroatoms. The molecule has 30 valence electrons. The lowest BCUT2D eigenvalue weighted by molar-refractivity contribution is 1.49. The van der Waals surface area contributed by atoms with E-state index < -0.39 is 0 Å². The molecule has 0 aromatic carbocycles. The highest BCUT2D eigenvalue weighted by atomic mass is 14.6. The number of rotatable bonds is 0. The van der Waals surface area contributed by atoms with Crippen LogP contribution in [-0.4, -0.2) is 13.8 Å². The Morgan fingerprint density at radius 3 is 1.40 bits per heavy atom. The highest BCUT2D eigenvalue weighted by molar-refractivity contribution is 5.22. The van der Waals surface area contributed by atoms with Crippen LogP contribution in [0.25, 0.3) is 0 Å². The minimum atomic E-state index is 1.64. The summed E-state index contributed by atoms with van der Waals surface area (Å²) >= 11 is 0. The fraction of sp³-hybridized carbons (Fsp3) is 0.250. The number of aliphatic imine (C=N–C) groups is 1. The standard InChI is InChI=1S/C2H5N.C2H4/c1-3-2;1-2/h1H2,2H3;1-2H2. The van der Waals surface area contributed by atoms with Gasteiger partial charge in [0.15, 0.2) is 0 Å². The summed E-state index contributed by atoms with van der Waals surface area (Å²) in [6.07, 6.45) is 0. The molecule has 1 nitrogen and oxygen atoms in total. The Kier molecular flexibility index (Phi) is 208. The molecule has 0 radical (unpaired) electrons. The Balaban J connectivity index is 0. The molecule has 0 heterocycles. The normalized spacial score (nSPS) is 3.40. The summed E-state index contributed by atoms with van der Waals surface area (Å²) in [5.74, 6) is 0. The van der Waals surface area contributed by atoms with Gasteiger partial charge in [0.25, 0.3) is 0 Å². The lowest BCUT2D eigenvalue weighted by Gasteiger charge is -1.38. The molecule has 0 atom stereocenters. The van der Waals surface area contributed by atoms with Crippen molar-refractivity contribution in [2.45, 2.75) is 0 Å².